The van der Waals surface area contributed by atoms with Crippen LogP contribution in [0.25, 0.3) is 6.08 Å². The lowest BCUT2D eigenvalue weighted by Gasteiger charge is -2.32. The summed E-state index contributed by atoms with van der Waals surface area (Å²) in [4.78, 5) is 25.8. The van der Waals surface area contributed by atoms with Crippen LogP contribution in [-0.4, -0.2) is 26.9 Å². The second kappa shape index (κ2) is 6.08. The van der Waals surface area contributed by atoms with Gasteiger partial charge in [-0.25, -0.2) is 0 Å². The van der Waals surface area contributed by atoms with E-state index in [-0.39, 0.29) is 24.3 Å². The number of aromatic nitrogens is 2. The number of anilines is 1. The number of aromatic amines is 1. The number of aryl methyl sites for hydroxylation is 1. The first-order chi connectivity index (χ1) is 11.0. The molecule has 2 N–H and O–H groups in total. The second-order valence-corrected chi connectivity index (χ2v) is 5.58. The van der Waals surface area contributed by atoms with Crippen LogP contribution in [0.1, 0.15) is 36.2 Å². The summed E-state index contributed by atoms with van der Waals surface area (Å²) in [6, 6.07) is 9.23. The van der Waals surface area contributed by atoms with E-state index in [0.29, 0.717) is 5.82 Å². The van der Waals surface area contributed by atoms with E-state index in [2.05, 4.69) is 15.5 Å². The molecule has 0 saturated carbocycles. The zero-order valence-corrected chi connectivity index (χ0v) is 13.0. The summed E-state index contributed by atoms with van der Waals surface area (Å²) in [7, 11) is 0. The number of fused-ring (bicyclic) bond motifs is 1. The van der Waals surface area contributed by atoms with Gasteiger partial charge in [-0.3, -0.25) is 14.7 Å². The number of carbonyl (C=O) groups excluding carboxylic acids is 2. The molecular formula is C17H18N4O2. The topological polar surface area (TPSA) is 78.1 Å². The van der Waals surface area contributed by atoms with Crippen LogP contribution in [0.15, 0.2) is 36.5 Å². The number of nitrogens with zero attached hydrogens (tertiary/aromatic N) is 2. The van der Waals surface area contributed by atoms with E-state index in [9.17, 15) is 9.59 Å². The first kappa shape index (κ1) is 15.0. The number of rotatable bonds is 3. The molecule has 0 bridgehead atoms. The lowest BCUT2D eigenvalue weighted by molar-refractivity contribution is -0.129. The molecule has 1 aliphatic heterocycles. The van der Waals surface area contributed by atoms with E-state index in [1.54, 1.807) is 17.2 Å². The van der Waals surface area contributed by atoms with Crippen LogP contribution in [0, 0.1) is 6.92 Å². The third kappa shape index (κ3) is 3.15. The fourth-order valence-corrected chi connectivity index (χ4v) is 2.76. The lowest BCUT2D eigenvalue weighted by atomic mass is 9.93. The number of benzene rings is 1. The Bertz CT molecular complexity index is 778. The van der Waals surface area contributed by atoms with E-state index >= 15 is 0 Å². The van der Waals surface area contributed by atoms with Gasteiger partial charge in [-0.2, -0.15) is 5.10 Å². The standard InChI is InChI=1S/C17H18N4O2/c1-11-9-16(20-19-11)18-17(23)10-15-14-6-4-3-5-13(14)7-8-21(15)12(2)22/h3-9,15H,10H2,1-2H3,(H2,18,19,20,23)/t15-/m1/s1. The lowest BCUT2D eigenvalue weighted by Crippen LogP contribution is -2.33. The predicted octanol–water partition coefficient (Wildman–Crippen LogP) is 2.62. The zero-order chi connectivity index (χ0) is 16.4. The van der Waals surface area contributed by atoms with Gasteiger partial charge in [-0.1, -0.05) is 24.3 Å². The average molecular weight is 310 g/mol. The number of nitrogens with one attached hydrogen (secondary N) is 2. The number of hydrogen-bond donors (Lipinski definition) is 2. The summed E-state index contributed by atoms with van der Waals surface area (Å²) >= 11 is 0. The third-order valence-corrected chi connectivity index (χ3v) is 3.82. The highest BCUT2D eigenvalue weighted by Gasteiger charge is 2.28. The van der Waals surface area contributed by atoms with Crippen LogP contribution in [0.4, 0.5) is 5.82 Å². The molecule has 0 radical (unpaired) electrons. The Labute approximate surface area is 134 Å². The number of H-pyrrole nitrogens is 1. The van der Waals surface area contributed by atoms with Crippen molar-refractivity contribution in [1.82, 2.24) is 15.1 Å². The molecule has 1 aromatic carbocycles. The molecule has 23 heavy (non-hydrogen) atoms. The van der Waals surface area contributed by atoms with E-state index < -0.39 is 0 Å². The molecule has 1 aliphatic rings. The Hall–Kier alpha value is -2.89. The number of carbonyl (C=O) groups is 2. The van der Waals surface area contributed by atoms with Crippen molar-refractivity contribution >= 4 is 23.7 Å². The molecule has 0 unspecified atom stereocenters. The molecule has 2 amide bonds. The summed E-state index contributed by atoms with van der Waals surface area (Å²) in [5.41, 5.74) is 2.87. The monoisotopic (exact) mass is 310 g/mol. The first-order valence-corrected chi connectivity index (χ1v) is 7.42. The molecule has 1 atom stereocenters. The molecule has 2 aromatic rings. The van der Waals surface area contributed by atoms with Gasteiger partial charge in [0.25, 0.3) is 0 Å². The van der Waals surface area contributed by atoms with Crippen LogP contribution in [0.3, 0.4) is 0 Å². The van der Waals surface area contributed by atoms with Gasteiger partial charge in [0.05, 0.1) is 12.5 Å². The summed E-state index contributed by atoms with van der Waals surface area (Å²) < 4.78 is 0. The van der Waals surface area contributed by atoms with Crippen molar-refractivity contribution in [2.45, 2.75) is 26.3 Å². The van der Waals surface area contributed by atoms with Crippen LogP contribution < -0.4 is 5.32 Å². The molecule has 3 rings (SSSR count). The second-order valence-electron chi connectivity index (χ2n) is 5.58. The van der Waals surface area contributed by atoms with Crippen molar-refractivity contribution in [2.24, 2.45) is 0 Å². The highest BCUT2D eigenvalue weighted by Crippen LogP contribution is 2.32. The quantitative estimate of drug-likeness (QED) is 0.914. The van der Waals surface area contributed by atoms with E-state index in [1.165, 1.54) is 6.92 Å². The van der Waals surface area contributed by atoms with Crippen molar-refractivity contribution in [3.05, 3.63) is 53.4 Å². The Kier molecular flexibility index (Phi) is 3.97. The SMILES string of the molecule is CC(=O)N1C=Cc2ccccc2[C@H]1CC(=O)Nc1cc(C)[nH]n1. The normalized spacial score (nSPS) is 16.1. The summed E-state index contributed by atoms with van der Waals surface area (Å²) in [6.07, 6.45) is 3.80. The van der Waals surface area contributed by atoms with Gasteiger partial charge < -0.3 is 10.2 Å². The highest BCUT2D eigenvalue weighted by atomic mass is 16.2. The summed E-state index contributed by atoms with van der Waals surface area (Å²) in [5, 5.41) is 9.53. The molecule has 0 saturated heterocycles. The molecule has 1 aromatic heterocycles. The molecule has 6 heteroatoms. The van der Waals surface area contributed by atoms with Crippen molar-refractivity contribution in [3.63, 3.8) is 0 Å². The molecule has 2 heterocycles. The summed E-state index contributed by atoms with van der Waals surface area (Å²) in [6.45, 7) is 3.36. The number of hydrogen-bond acceptors (Lipinski definition) is 3. The molecule has 0 fully saturated rings. The van der Waals surface area contributed by atoms with Gasteiger partial charge in [0.1, 0.15) is 0 Å². The van der Waals surface area contributed by atoms with Crippen molar-refractivity contribution in [2.75, 3.05) is 5.32 Å². The molecule has 0 spiro atoms. The van der Waals surface area contributed by atoms with Crippen LogP contribution >= 0.6 is 0 Å². The van der Waals surface area contributed by atoms with Crippen LogP contribution in [0.2, 0.25) is 0 Å². The fraction of sp³-hybridized carbons (Fsp3) is 0.235. The van der Waals surface area contributed by atoms with Crippen LogP contribution in [-0.2, 0) is 9.59 Å². The zero-order valence-electron chi connectivity index (χ0n) is 13.0. The van der Waals surface area contributed by atoms with E-state index in [4.69, 9.17) is 0 Å². The van der Waals surface area contributed by atoms with Gasteiger partial charge in [-0.05, 0) is 24.1 Å². The smallest absolute Gasteiger partial charge is 0.228 e. The maximum absolute atomic E-state index is 12.3. The Balaban J connectivity index is 1.81. The highest BCUT2D eigenvalue weighted by molar-refractivity contribution is 5.91. The minimum atomic E-state index is -0.311. The van der Waals surface area contributed by atoms with Crippen LogP contribution in [0.5, 0.6) is 0 Å². The Morgan fingerprint density at radius 3 is 2.83 bits per heavy atom. The largest absolute Gasteiger partial charge is 0.311 e. The fourth-order valence-electron chi connectivity index (χ4n) is 2.76. The predicted molar refractivity (Wildman–Crippen MR) is 87.3 cm³/mol. The Morgan fingerprint density at radius 2 is 2.13 bits per heavy atom. The molecule has 0 aliphatic carbocycles. The van der Waals surface area contributed by atoms with Gasteiger partial charge in [0.15, 0.2) is 5.82 Å². The van der Waals surface area contributed by atoms with Gasteiger partial charge in [0, 0.05) is 24.9 Å². The number of amides is 2. The minimum Gasteiger partial charge on any atom is -0.311 e. The van der Waals surface area contributed by atoms with Crippen molar-refractivity contribution in [3.8, 4) is 0 Å². The van der Waals surface area contributed by atoms with Crippen molar-refractivity contribution < 1.29 is 9.59 Å². The average Bonchev–Trinajstić information content (AvgIpc) is 2.92. The van der Waals surface area contributed by atoms with Gasteiger partial charge in [-0.15, -0.1) is 0 Å². The molecular weight excluding hydrogens is 292 g/mol. The first-order valence-electron chi connectivity index (χ1n) is 7.42. The maximum Gasteiger partial charge on any atom is 0.228 e. The third-order valence-electron chi connectivity index (χ3n) is 3.82. The van der Waals surface area contributed by atoms with Crippen molar-refractivity contribution in [1.29, 1.82) is 0 Å². The van der Waals surface area contributed by atoms with Gasteiger partial charge >= 0.3 is 0 Å². The van der Waals surface area contributed by atoms with E-state index in [1.807, 2.05) is 37.3 Å². The van der Waals surface area contributed by atoms with E-state index in [0.717, 1.165) is 16.8 Å². The minimum absolute atomic E-state index is 0.0934. The molecule has 118 valence electrons. The summed E-state index contributed by atoms with van der Waals surface area (Å²) in [5.74, 6) is 0.212. The van der Waals surface area contributed by atoms with Gasteiger partial charge in [0.2, 0.25) is 11.8 Å². The molecule has 6 nitrogen and oxygen atoms in total. The maximum atomic E-state index is 12.3. The Morgan fingerprint density at radius 1 is 1.35 bits per heavy atom.